The lowest BCUT2D eigenvalue weighted by molar-refractivity contribution is 0.336. The minimum Gasteiger partial charge on any atom is -0.492 e. The van der Waals surface area contributed by atoms with Crippen LogP contribution >= 0.6 is 0 Å². The monoisotopic (exact) mass is 382 g/mol. The molecule has 1 aliphatic heterocycles. The summed E-state index contributed by atoms with van der Waals surface area (Å²) >= 11 is 0. The number of rotatable bonds is 5. The van der Waals surface area contributed by atoms with Crippen molar-refractivity contribution in [1.29, 1.82) is 0 Å². The zero-order valence-corrected chi connectivity index (χ0v) is 18.5. The predicted octanol–water partition coefficient (Wildman–Crippen LogP) is 6.21. The lowest BCUT2D eigenvalue weighted by Crippen LogP contribution is -2.05. The molecule has 2 N–H and O–H groups in total. The maximum atomic E-state index is 6.04. The standard InChI is InChI=1S/C21H28N4O.C2H6/c1-7-8-12(2)19-15(5)17(10-16-13(3)11-26-20(16)19)24-21-23-14(4)9-18(22-6)25-21;1-2/h8-10,13H,7,11H2,1-6H3,(H2,22,23,24,25);1-2H3/b12-8+;. The molecule has 0 spiro atoms. The van der Waals surface area contributed by atoms with Crippen LogP contribution in [0.1, 0.15) is 69.3 Å². The number of aromatic nitrogens is 2. The van der Waals surface area contributed by atoms with Gasteiger partial charge in [0, 0.05) is 41.5 Å². The van der Waals surface area contributed by atoms with Crippen molar-refractivity contribution in [2.24, 2.45) is 0 Å². The highest BCUT2D eigenvalue weighted by molar-refractivity contribution is 5.80. The number of aryl methyl sites for hydroxylation is 1. The van der Waals surface area contributed by atoms with Gasteiger partial charge in [0.05, 0.1) is 6.61 Å². The molecule has 2 aromatic rings. The molecule has 1 unspecified atom stereocenters. The number of allylic oxidation sites excluding steroid dienone is 2. The fourth-order valence-corrected chi connectivity index (χ4v) is 3.48. The summed E-state index contributed by atoms with van der Waals surface area (Å²) in [5.74, 6) is 2.82. The molecular formula is C23H34N4O. The summed E-state index contributed by atoms with van der Waals surface area (Å²) < 4.78 is 6.04. The Balaban J connectivity index is 0.00000136. The summed E-state index contributed by atoms with van der Waals surface area (Å²) in [6, 6.07) is 4.12. The highest BCUT2D eigenvalue weighted by atomic mass is 16.5. The van der Waals surface area contributed by atoms with Gasteiger partial charge in [-0.25, -0.2) is 4.98 Å². The lowest BCUT2D eigenvalue weighted by Gasteiger charge is -2.18. The fourth-order valence-electron chi connectivity index (χ4n) is 3.48. The second kappa shape index (κ2) is 9.58. The zero-order chi connectivity index (χ0) is 20.8. The molecule has 1 atom stereocenters. The average molecular weight is 383 g/mol. The molecule has 2 heterocycles. The quantitative estimate of drug-likeness (QED) is 0.643. The summed E-state index contributed by atoms with van der Waals surface area (Å²) in [7, 11) is 1.86. The van der Waals surface area contributed by atoms with Gasteiger partial charge in [-0.3, -0.25) is 0 Å². The van der Waals surface area contributed by atoms with Gasteiger partial charge in [-0.1, -0.05) is 33.8 Å². The Morgan fingerprint density at radius 3 is 2.61 bits per heavy atom. The van der Waals surface area contributed by atoms with Crippen LogP contribution in [0.2, 0.25) is 0 Å². The third kappa shape index (κ3) is 4.46. The average Bonchev–Trinajstić information content (AvgIpc) is 3.04. The molecule has 0 radical (unpaired) electrons. The van der Waals surface area contributed by atoms with Gasteiger partial charge in [-0.15, -0.1) is 0 Å². The van der Waals surface area contributed by atoms with Crippen LogP contribution in [0.25, 0.3) is 5.57 Å². The SMILES string of the molecule is CC.CC/C=C(\C)c1c(C)c(Nc2nc(C)cc(NC)n2)cc2c1OCC2C. The number of benzene rings is 1. The van der Waals surface area contributed by atoms with E-state index in [2.05, 4.69) is 60.4 Å². The van der Waals surface area contributed by atoms with Crippen LogP contribution in [0, 0.1) is 13.8 Å². The van der Waals surface area contributed by atoms with Crippen molar-refractivity contribution in [2.45, 2.75) is 60.8 Å². The molecule has 1 aromatic carbocycles. The Morgan fingerprint density at radius 2 is 1.96 bits per heavy atom. The van der Waals surface area contributed by atoms with Crippen LogP contribution in [0.15, 0.2) is 18.2 Å². The van der Waals surface area contributed by atoms with Crippen molar-refractivity contribution in [3.63, 3.8) is 0 Å². The lowest BCUT2D eigenvalue weighted by atomic mass is 9.92. The Morgan fingerprint density at radius 1 is 1.25 bits per heavy atom. The highest BCUT2D eigenvalue weighted by Crippen LogP contribution is 2.44. The third-order valence-corrected chi connectivity index (χ3v) is 4.84. The Labute approximate surface area is 169 Å². The van der Waals surface area contributed by atoms with E-state index in [9.17, 15) is 0 Å². The van der Waals surface area contributed by atoms with Gasteiger partial charge in [0.1, 0.15) is 11.6 Å². The molecule has 0 aliphatic carbocycles. The van der Waals surface area contributed by atoms with Gasteiger partial charge in [0.25, 0.3) is 0 Å². The van der Waals surface area contributed by atoms with Crippen LogP contribution in [0.3, 0.4) is 0 Å². The molecule has 152 valence electrons. The summed E-state index contributed by atoms with van der Waals surface area (Å²) in [6.45, 7) is 15.4. The van der Waals surface area contributed by atoms with E-state index in [0.717, 1.165) is 41.5 Å². The Kier molecular flexibility index (Phi) is 7.44. The Bertz CT molecular complexity index is 858. The molecule has 1 aliphatic rings. The van der Waals surface area contributed by atoms with E-state index < -0.39 is 0 Å². The van der Waals surface area contributed by atoms with E-state index in [0.29, 0.717) is 11.9 Å². The molecule has 5 nitrogen and oxygen atoms in total. The molecule has 1 aromatic heterocycles. The smallest absolute Gasteiger partial charge is 0.229 e. The van der Waals surface area contributed by atoms with E-state index in [1.165, 1.54) is 16.7 Å². The number of nitrogens with zero attached hydrogens (tertiary/aromatic N) is 2. The highest BCUT2D eigenvalue weighted by Gasteiger charge is 2.27. The van der Waals surface area contributed by atoms with Crippen LogP contribution < -0.4 is 15.4 Å². The van der Waals surface area contributed by atoms with Gasteiger partial charge in [0.15, 0.2) is 0 Å². The van der Waals surface area contributed by atoms with Crippen molar-refractivity contribution in [3.05, 3.63) is 40.6 Å². The number of ether oxygens (including phenoxy) is 1. The molecular weight excluding hydrogens is 348 g/mol. The molecule has 0 fully saturated rings. The van der Waals surface area contributed by atoms with Crippen LogP contribution in [0.5, 0.6) is 5.75 Å². The minimum atomic E-state index is 0.380. The second-order valence-electron chi connectivity index (χ2n) is 6.94. The predicted molar refractivity (Wildman–Crippen MR) is 120 cm³/mol. The topological polar surface area (TPSA) is 59.1 Å². The molecule has 5 heteroatoms. The van der Waals surface area contributed by atoms with Crippen molar-refractivity contribution >= 4 is 23.0 Å². The summed E-state index contributed by atoms with van der Waals surface area (Å²) in [5.41, 5.74) is 6.81. The van der Waals surface area contributed by atoms with Crippen LogP contribution in [-0.2, 0) is 0 Å². The maximum absolute atomic E-state index is 6.04. The van der Waals surface area contributed by atoms with E-state index in [1.807, 2.05) is 33.9 Å². The molecule has 0 saturated carbocycles. The number of nitrogens with one attached hydrogen (secondary N) is 2. The van der Waals surface area contributed by atoms with E-state index in [1.54, 1.807) is 0 Å². The van der Waals surface area contributed by atoms with Gasteiger partial charge in [0.2, 0.25) is 5.95 Å². The second-order valence-corrected chi connectivity index (χ2v) is 6.94. The van der Waals surface area contributed by atoms with Crippen molar-refractivity contribution in [3.8, 4) is 5.75 Å². The van der Waals surface area contributed by atoms with Crippen molar-refractivity contribution < 1.29 is 4.74 Å². The number of hydrogen-bond donors (Lipinski definition) is 2. The zero-order valence-electron chi connectivity index (χ0n) is 18.5. The van der Waals surface area contributed by atoms with Crippen LogP contribution in [0.4, 0.5) is 17.5 Å². The third-order valence-electron chi connectivity index (χ3n) is 4.84. The molecule has 3 rings (SSSR count). The molecule has 0 bridgehead atoms. The molecule has 0 amide bonds. The first-order valence-corrected chi connectivity index (χ1v) is 10.2. The summed E-state index contributed by atoms with van der Waals surface area (Å²) in [4.78, 5) is 9.07. The normalized spacial score (nSPS) is 15.3. The van der Waals surface area contributed by atoms with E-state index >= 15 is 0 Å². The number of fused-ring (bicyclic) bond motifs is 1. The van der Waals surface area contributed by atoms with Gasteiger partial charge in [-0.05, 0) is 44.4 Å². The minimum absolute atomic E-state index is 0.380. The molecule has 0 saturated heterocycles. The maximum Gasteiger partial charge on any atom is 0.229 e. The van der Waals surface area contributed by atoms with Gasteiger partial charge >= 0.3 is 0 Å². The first kappa shape index (κ1) is 21.7. The fraction of sp³-hybridized carbons (Fsp3) is 0.478. The number of anilines is 3. The first-order valence-electron chi connectivity index (χ1n) is 10.2. The summed E-state index contributed by atoms with van der Waals surface area (Å²) in [5, 5.41) is 6.51. The largest absolute Gasteiger partial charge is 0.492 e. The summed E-state index contributed by atoms with van der Waals surface area (Å²) in [6.07, 6.45) is 3.25. The van der Waals surface area contributed by atoms with E-state index in [-0.39, 0.29) is 0 Å². The first-order chi connectivity index (χ1) is 13.4. The van der Waals surface area contributed by atoms with Crippen molar-refractivity contribution in [1.82, 2.24) is 9.97 Å². The van der Waals surface area contributed by atoms with Crippen molar-refractivity contribution in [2.75, 3.05) is 24.3 Å². The van der Waals surface area contributed by atoms with Gasteiger partial charge in [-0.2, -0.15) is 4.98 Å². The molecule has 28 heavy (non-hydrogen) atoms. The Hall–Kier alpha value is -2.56. The van der Waals surface area contributed by atoms with E-state index in [4.69, 9.17) is 4.74 Å². The van der Waals surface area contributed by atoms with Gasteiger partial charge < -0.3 is 15.4 Å². The van der Waals surface area contributed by atoms with Crippen LogP contribution in [-0.4, -0.2) is 23.6 Å². The number of hydrogen-bond acceptors (Lipinski definition) is 5.